The summed E-state index contributed by atoms with van der Waals surface area (Å²) in [5.74, 6) is 0.867. The molecular formula is C22H23BrClNO. The zero-order valence-corrected chi connectivity index (χ0v) is 17.1. The van der Waals surface area contributed by atoms with Gasteiger partial charge in [0.15, 0.2) is 0 Å². The minimum absolute atomic E-state index is 0. The average molecular weight is 433 g/mol. The second-order valence-electron chi connectivity index (χ2n) is 6.13. The van der Waals surface area contributed by atoms with Crippen LogP contribution in [0, 0.1) is 6.92 Å². The third kappa shape index (κ3) is 6.17. The lowest BCUT2D eigenvalue weighted by molar-refractivity contribution is 0.304. The third-order valence-corrected chi connectivity index (χ3v) is 4.63. The molecule has 0 aliphatic heterocycles. The summed E-state index contributed by atoms with van der Waals surface area (Å²) in [4.78, 5) is 0. The Balaban J connectivity index is 0.00000243. The van der Waals surface area contributed by atoms with Crippen molar-refractivity contribution in [2.24, 2.45) is 0 Å². The van der Waals surface area contributed by atoms with E-state index in [2.05, 4.69) is 76.7 Å². The fraction of sp³-hybridized carbons (Fsp3) is 0.182. The van der Waals surface area contributed by atoms with Crippen LogP contribution in [0.15, 0.2) is 77.3 Å². The van der Waals surface area contributed by atoms with E-state index in [1.54, 1.807) is 0 Å². The van der Waals surface area contributed by atoms with Crippen LogP contribution in [0.2, 0.25) is 0 Å². The molecule has 3 rings (SSSR count). The summed E-state index contributed by atoms with van der Waals surface area (Å²) >= 11 is 3.61. The third-order valence-electron chi connectivity index (χ3n) is 4.01. The molecule has 0 atom stereocenters. The van der Waals surface area contributed by atoms with Gasteiger partial charge < -0.3 is 10.1 Å². The quantitative estimate of drug-likeness (QED) is 0.491. The predicted molar refractivity (Wildman–Crippen MR) is 114 cm³/mol. The maximum atomic E-state index is 5.90. The molecule has 3 aromatic rings. The molecule has 0 fully saturated rings. The van der Waals surface area contributed by atoms with E-state index in [-0.39, 0.29) is 12.4 Å². The number of hydrogen-bond acceptors (Lipinski definition) is 2. The number of benzene rings is 3. The van der Waals surface area contributed by atoms with E-state index in [9.17, 15) is 0 Å². The molecule has 136 valence electrons. The summed E-state index contributed by atoms with van der Waals surface area (Å²) in [6.45, 7) is 4.37. The fourth-order valence-corrected chi connectivity index (χ4v) is 3.10. The first-order valence-electron chi connectivity index (χ1n) is 8.42. The molecule has 4 heteroatoms. The lowest BCUT2D eigenvalue weighted by Gasteiger charge is -2.11. The summed E-state index contributed by atoms with van der Waals surface area (Å²) in [6, 6.07) is 25.1. The van der Waals surface area contributed by atoms with Gasteiger partial charge in [0.1, 0.15) is 12.4 Å². The largest absolute Gasteiger partial charge is 0.488 e. The normalized spacial score (nSPS) is 10.2. The van der Waals surface area contributed by atoms with Gasteiger partial charge in [0.2, 0.25) is 0 Å². The topological polar surface area (TPSA) is 21.3 Å². The van der Waals surface area contributed by atoms with Gasteiger partial charge in [-0.3, -0.25) is 0 Å². The van der Waals surface area contributed by atoms with Gasteiger partial charge in [-0.1, -0.05) is 66.2 Å². The highest BCUT2D eigenvalue weighted by molar-refractivity contribution is 9.10. The first kappa shape index (κ1) is 20.5. The number of aryl methyl sites for hydroxylation is 1. The Morgan fingerprint density at radius 1 is 0.808 bits per heavy atom. The maximum absolute atomic E-state index is 5.90. The van der Waals surface area contributed by atoms with Gasteiger partial charge in [-0.15, -0.1) is 12.4 Å². The van der Waals surface area contributed by atoms with Crippen molar-refractivity contribution in [2.45, 2.75) is 26.6 Å². The molecule has 0 unspecified atom stereocenters. The van der Waals surface area contributed by atoms with E-state index < -0.39 is 0 Å². The molecule has 0 heterocycles. The van der Waals surface area contributed by atoms with Gasteiger partial charge in [-0.25, -0.2) is 0 Å². The van der Waals surface area contributed by atoms with Crippen LogP contribution in [0.1, 0.15) is 22.3 Å². The lowest BCUT2D eigenvalue weighted by atomic mass is 10.1. The molecule has 0 amide bonds. The molecule has 0 saturated heterocycles. The fourth-order valence-electron chi connectivity index (χ4n) is 2.56. The van der Waals surface area contributed by atoms with E-state index in [0.717, 1.165) is 23.3 Å². The van der Waals surface area contributed by atoms with Crippen molar-refractivity contribution in [3.8, 4) is 5.75 Å². The first-order chi connectivity index (χ1) is 12.2. The van der Waals surface area contributed by atoms with Crippen molar-refractivity contribution < 1.29 is 4.74 Å². The molecule has 1 N–H and O–H groups in total. The van der Waals surface area contributed by atoms with Gasteiger partial charge in [-0.2, -0.15) is 0 Å². The highest BCUT2D eigenvalue weighted by Crippen LogP contribution is 2.27. The van der Waals surface area contributed by atoms with Crippen LogP contribution in [-0.2, 0) is 19.7 Å². The summed E-state index contributed by atoms with van der Waals surface area (Å²) < 4.78 is 6.88. The average Bonchev–Trinajstić information content (AvgIpc) is 2.63. The number of nitrogens with one attached hydrogen (secondary N) is 1. The van der Waals surface area contributed by atoms with Gasteiger partial charge in [-0.05, 0) is 51.7 Å². The summed E-state index contributed by atoms with van der Waals surface area (Å²) in [5, 5.41) is 3.48. The standard InChI is InChI=1S/C22H22BrNO.ClH/c1-17-7-9-18(10-8-17)14-24-15-20-11-12-22(21(23)13-20)25-16-19-5-3-2-4-6-19;/h2-13,24H,14-16H2,1H3;1H. The molecule has 0 aliphatic rings. The Morgan fingerprint density at radius 2 is 1.46 bits per heavy atom. The van der Waals surface area contributed by atoms with Crippen molar-refractivity contribution >= 4 is 28.3 Å². The molecule has 0 radical (unpaired) electrons. The molecule has 0 aromatic heterocycles. The van der Waals surface area contributed by atoms with Crippen LogP contribution in [0.4, 0.5) is 0 Å². The maximum Gasteiger partial charge on any atom is 0.134 e. The van der Waals surface area contributed by atoms with Crippen molar-refractivity contribution in [1.82, 2.24) is 5.32 Å². The van der Waals surface area contributed by atoms with Crippen molar-refractivity contribution in [1.29, 1.82) is 0 Å². The molecule has 0 saturated carbocycles. The molecule has 2 nitrogen and oxygen atoms in total. The van der Waals surface area contributed by atoms with Crippen LogP contribution in [0.3, 0.4) is 0 Å². The zero-order chi connectivity index (χ0) is 17.5. The SMILES string of the molecule is Cc1ccc(CNCc2ccc(OCc3ccccc3)c(Br)c2)cc1.Cl. The lowest BCUT2D eigenvalue weighted by Crippen LogP contribution is -2.12. The smallest absolute Gasteiger partial charge is 0.134 e. The zero-order valence-electron chi connectivity index (χ0n) is 14.7. The second kappa shape index (κ2) is 10.4. The Hall–Kier alpha value is -1.81. The van der Waals surface area contributed by atoms with Crippen LogP contribution in [-0.4, -0.2) is 0 Å². The summed E-state index contributed by atoms with van der Waals surface area (Å²) in [5.41, 5.74) is 4.98. The van der Waals surface area contributed by atoms with Crippen molar-refractivity contribution in [2.75, 3.05) is 0 Å². The Bertz CT molecular complexity index is 806. The number of hydrogen-bond donors (Lipinski definition) is 1. The van der Waals surface area contributed by atoms with Crippen LogP contribution in [0.5, 0.6) is 5.75 Å². The second-order valence-corrected chi connectivity index (χ2v) is 6.98. The number of ether oxygens (including phenoxy) is 1. The Kier molecular flexibility index (Phi) is 8.17. The highest BCUT2D eigenvalue weighted by atomic mass is 79.9. The number of halogens is 2. The van der Waals surface area contributed by atoms with Crippen LogP contribution in [0.25, 0.3) is 0 Å². The molecular weight excluding hydrogens is 410 g/mol. The van der Waals surface area contributed by atoms with Crippen molar-refractivity contribution in [3.63, 3.8) is 0 Å². The molecule has 3 aromatic carbocycles. The van der Waals surface area contributed by atoms with Gasteiger partial charge in [0, 0.05) is 13.1 Å². The van der Waals surface area contributed by atoms with E-state index in [1.165, 1.54) is 22.3 Å². The van der Waals surface area contributed by atoms with E-state index in [1.807, 2.05) is 24.3 Å². The summed E-state index contributed by atoms with van der Waals surface area (Å²) in [6.07, 6.45) is 0. The van der Waals surface area contributed by atoms with E-state index >= 15 is 0 Å². The Morgan fingerprint density at radius 3 is 2.15 bits per heavy atom. The van der Waals surface area contributed by atoms with E-state index in [4.69, 9.17) is 4.74 Å². The van der Waals surface area contributed by atoms with E-state index in [0.29, 0.717) is 6.61 Å². The Labute approximate surface area is 170 Å². The van der Waals surface area contributed by atoms with Gasteiger partial charge in [0.25, 0.3) is 0 Å². The minimum Gasteiger partial charge on any atom is -0.488 e. The first-order valence-corrected chi connectivity index (χ1v) is 9.21. The molecule has 0 bridgehead atoms. The molecule has 0 spiro atoms. The van der Waals surface area contributed by atoms with Crippen LogP contribution >= 0.6 is 28.3 Å². The monoisotopic (exact) mass is 431 g/mol. The summed E-state index contributed by atoms with van der Waals surface area (Å²) in [7, 11) is 0. The van der Waals surface area contributed by atoms with Gasteiger partial charge in [0.05, 0.1) is 4.47 Å². The molecule has 0 aliphatic carbocycles. The van der Waals surface area contributed by atoms with Gasteiger partial charge >= 0.3 is 0 Å². The van der Waals surface area contributed by atoms with Crippen LogP contribution < -0.4 is 10.1 Å². The minimum atomic E-state index is 0. The number of rotatable bonds is 7. The molecule has 26 heavy (non-hydrogen) atoms. The highest BCUT2D eigenvalue weighted by Gasteiger charge is 2.04. The van der Waals surface area contributed by atoms with Crippen molar-refractivity contribution in [3.05, 3.63) is 99.5 Å². The predicted octanol–water partition coefficient (Wildman–Crippen LogP) is 6.05.